The molecule has 0 aliphatic carbocycles. The summed E-state index contributed by atoms with van der Waals surface area (Å²) in [5.74, 6) is 0. The molecule has 0 saturated heterocycles. The maximum absolute atomic E-state index is 4.85. The summed E-state index contributed by atoms with van der Waals surface area (Å²) in [6.45, 7) is 2.14. The van der Waals surface area contributed by atoms with Gasteiger partial charge in [-0.15, -0.1) is 0 Å². The van der Waals surface area contributed by atoms with Crippen LogP contribution in [-0.4, -0.2) is 5.37 Å². The van der Waals surface area contributed by atoms with Crippen LogP contribution in [0.25, 0.3) is 0 Å². The van der Waals surface area contributed by atoms with Crippen molar-refractivity contribution in [2.75, 3.05) is 0 Å². The first-order chi connectivity index (χ1) is 4.88. The molecule has 0 spiro atoms. The summed E-state index contributed by atoms with van der Waals surface area (Å²) in [7, 11) is 0. The molecule has 0 unspecified atom stereocenters. The maximum atomic E-state index is 4.85. The zero-order chi connectivity index (χ0) is 7.40. The lowest BCUT2D eigenvalue weighted by molar-refractivity contribution is 1.14. The first-order valence-electron chi connectivity index (χ1n) is 3.41. The first-order valence-corrected chi connectivity index (χ1v) is 3.88. The Kier molecular flexibility index (Phi) is 2.57. The molecule has 0 saturated carbocycles. The molecule has 1 aromatic carbocycles. The molecule has 0 aromatic heterocycles. The van der Waals surface area contributed by atoms with E-state index in [0.717, 1.165) is 6.42 Å². The maximum Gasteiger partial charge on any atom is 0.00888 e. The van der Waals surface area contributed by atoms with Crippen molar-refractivity contribution in [2.24, 2.45) is 0 Å². The van der Waals surface area contributed by atoms with E-state index in [0.29, 0.717) is 0 Å². The molecule has 0 aliphatic heterocycles. The van der Waals surface area contributed by atoms with E-state index in [1.54, 1.807) is 5.37 Å². The van der Waals surface area contributed by atoms with Crippen LogP contribution in [0.5, 0.6) is 0 Å². The molecular weight excluding hydrogens is 140 g/mol. The number of hydrogen-bond acceptors (Lipinski definition) is 1. The van der Waals surface area contributed by atoms with E-state index in [1.165, 1.54) is 11.1 Å². The highest BCUT2D eigenvalue weighted by Gasteiger charge is 1.92. The van der Waals surface area contributed by atoms with Gasteiger partial charge < -0.3 is 0 Å². The molecule has 0 bridgehead atoms. The number of rotatable bonds is 2. The third-order valence-corrected chi connectivity index (χ3v) is 1.82. The van der Waals surface area contributed by atoms with Crippen LogP contribution in [0.3, 0.4) is 0 Å². The molecule has 0 atom stereocenters. The quantitative estimate of drug-likeness (QED) is 0.584. The summed E-state index contributed by atoms with van der Waals surface area (Å²) in [5, 5.41) is 1.73. The van der Waals surface area contributed by atoms with E-state index in [2.05, 4.69) is 13.0 Å². The van der Waals surface area contributed by atoms with Gasteiger partial charge >= 0.3 is 0 Å². The molecular formula is C9H10S. The average molecular weight is 150 g/mol. The molecule has 1 rings (SSSR count). The molecule has 0 radical (unpaired) electrons. The predicted molar refractivity (Wildman–Crippen MR) is 48.6 cm³/mol. The number of hydrogen-bond donors (Lipinski definition) is 0. The number of benzene rings is 1. The van der Waals surface area contributed by atoms with Crippen LogP contribution in [0.2, 0.25) is 0 Å². The van der Waals surface area contributed by atoms with Crippen molar-refractivity contribution >= 4 is 17.6 Å². The van der Waals surface area contributed by atoms with Crippen molar-refractivity contribution in [1.29, 1.82) is 0 Å². The fraction of sp³-hybridized carbons (Fsp3) is 0.222. The Balaban J connectivity index is 3.08. The molecule has 1 heteroatoms. The van der Waals surface area contributed by atoms with Crippen LogP contribution in [0.4, 0.5) is 0 Å². The van der Waals surface area contributed by atoms with Crippen molar-refractivity contribution in [3.05, 3.63) is 35.4 Å². The molecule has 0 aliphatic rings. The van der Waals surface area contributed by atoms with Gasteiger partial charge in [0, 0.05) is 5.37 Å². The van der Waals surface area contributed by atoms with Gasteiger partial charge in [-0.2, -0.15) is 0 Å². The molecule has 0 heterocycles. The fourth-order valence-corrected chi connectivity index (χ4v) is 1.20. The molecule has 0 fully saturated rings. The van der Waals surface area contributed by atoms with Crippen LogP contribution in [0, 0.1) is 0 Å². The van der Waals surface area contributed by atoms with Crippen LogP contribution < -0.4 is 0 Å². The minimum atomic E-state index is 1.06. The Bertz CT molecular complexity index is 228. The highest BCUT2D eigenvalue weighted by molar-refractivity contribution is 7.79. The van der Waals surface area contributed by atoms with Crippen molar-refractivity contribution in [3.8, 4) is 0 Å². The van der Waals surface area contributed by atoms with Crippen molar-refractivity contribution in [3.63, 3.8) is 0 Å². The Morgan fingerprint density at radius 3 is 2.60 bits per heavy atom. The van der Waals surface area contributed by atoms with Gasteiger partial charge in [0.2, 0.25) is 0 Å². The Morgan fingerprint density at radius 1 is 1.40 bits per heavy atom. The molecule has 0 nitrogen and oxygen atoms in total. The Hall–Kier alpha value is -0.690. The van der Waals surface area contributed by atoms with Gasteiger partial charge in [0.25, 0.3) is 0 Å². The SMILES string of the molecule is CCc1ccccc1C=S. The van der Waals surface area contributed by atoms with Gasteiger partial charge in [-0.05, 0) is 17.5 Å². The summed E-state index contributed by atoms with van der Waals surface area (Å²) < 4.78 is 0. The smallest absolute Gasteiger partial charge is 0.00888 e. The van der Waals surface area contributed by atoms with Crippen molar-refractivity contribution in [2.45, 2.75) is 13.3 Å². The lowest BCUT2D eigenvalue weighted by atomic mass is 10.1. The summed E-state index contributed by atoms with van der Waals surface area (Å²) in [6.07, 6.45) is 1.06. The van der Waals surface area contributed by atoms with Gasteiger partial charge in [0.1, 0.15) is 0 Å². The number of aryl methyl sites for hydroxylation is 1. The van der Waals surface area contributed by atoms with Gasteiger partial charge in [0.05, 0.1) is 0 Å². The van der Waals surface area contributed by atoms with E-state index >= 15 is 0 Å². The van der Waals surface area contributed by atoms with Crippen molar-refractivity contribution in [1.82, 2.24) is 0 Å². The molecule has 0 amide bonds. The second-order valence-corrected chi connectivity index (χ2v) is 2.41. The predicted octanol–water partition coefficient (Wildman–Crippen LogP) is 2.60. The summed E-state index contributed by atoms with van der Waals surface area (Å²) in [4.78, 5) is 0. The fourth-order valence-electron chi connectivity index (χ4n) is 0.971. The average Bonchev–Trinajstić information content (AvgIpc) is 2.04. The zero-order valence-electron chi connectivity index (χ0n) is 6.00. The van der Waals surface area contributed by atoms with Gasteiger partial charge in [-0.25, -0.2) is 0 Å². The van der Waals surface area contributed by atoms with E-state index in [4.69, 9.17) is 12.2 Å². The van der Waals surface area contributed by atoms with E-state index < -0.39 is 0 Å². The highest BCUT2D eigenvalue weighted by atomic mass is 32.1. The largest absolute Gasteiger partial charge is 0.0881 e. The third kappa shape index (κ3) is 1.42. The summed E-state index contributed by atoms with van der Waals surface area (Å²) in [6, 6.07) is 8.21. The lowest BCUT2D eigenvalue weighted by Gasteiger charge is -1.98. The van der Waals surface area contributed by atoms with Crippen LogP contribution in [0.1, 0.15) is 18.1 Å². The monoisotopic (exact) mass is 150 g/mol. The van der Waals surface area contributed by atoms with E-state index in [-0.39, 0.29) is 0 Å². The number of thiocarbonyl (C=S) groups is 1. The zero-order valence-corrected chi connectivity index (χ0v) is 6.82. The third-order valence-electron chi connectivity index (χ3n) is 1.56. The normalized spacial score (nSPS) is 9.30. The van der Waals surface area contributed by atoms with Gasteiger partial charge in [-0.1, -0.05) is 43.4 Å². The van der Waals surface area contributed by atoms with Crippen LogP contribution in [0.15, 0.2) is 24.3 Å². The van der Waals surface area contributed by atoms with E-state index in [1.807, 2.05) is 18.2 Å². The summed E-state index contributed by atoms with van der Waals surface area (Å²) in [5.41, 5.74) is 2.51. The first kappa shape index (κ1) is 7.42. The van der Waals surface area contributed by atoms with Gasteiger partial charge in [-0.3, -0.25) is 0 Å². The Labute approximate surface area is 66.9 Å². The second kappa shape index (κ2) is 3.47. The minimum absolute atomic E-state index is 1.06. The summed E-state index contributed by atoms with van der Waals surface area (Å²) >= 11 is 4.85. The van der Waals surface area contributed by atoms with Crippen molar-refractivity contribution < 1.29 is 0 Å². The van der Waals surface area contributed by atoms with Gasteiger partial charge in [0.15, 0.2) is 0 Å². The molecule has 10 heavy (non-hydrogen) atoms. The molecule has 0 N–H and O–H groups in total. The lowest BCUT2D eigenvalue weighted by Crippen LogP contribution is -1.87. The molecule has 52 valence electrons. The highest BCUT2D eigenvalue weighted by Crippen LogP contribution is 2.06. The molecule has 1 aromatic rings. The second-order valence-electron chi connectivity index (χ2n) is 2.17. The van der Waals surface area contributed by atoms with Crippen LogP contribution in [-0.2, 0) is 6.42 Å². The minimum Gasteiger partial charge on any atom is -0.0881 e. The van der Waals surface area contributed by atoms with Crippen LogP contribution >= 0.6 is 12.2 Å². The topological polar surface area (TPSA) is 0 Å². The van der Waals surface area contributed by atoms with E-state index in [9.17, 15) is 0 Å². The standard InChI is InChI=1S/C9H10S/c1-2-8-5-3-4-6-9(8)7-10/h3-7H,2H2,1H3. The Morgan fingerprint density at radius 2 is 2.10 bits per heavy atom.